The van der Waals surface area contributed by atoms with Crippen LogP contribution in [0.1, 0.15) is 11.3 Å². The van der Waals surface area contributed by atoms with E-state index in [2.05, 4.69) is 10.3 Å². The molecule has 0 amide bonds. The van der Waals surface area contributed by atoms with Crippen molar-refractivity contribution in [3.05, 3.63) is 53.6 Å². The van der Waals surface area contributed by atoms with E-state index >= 15 is 0 Å². The number of aromatic nitrogens is 1. The maximum atomic E-state index is 13.1. The molecule has 2 heterocycles. The first-order valence-electron chi connectivity index (χ1n) is 6.23. The maximum absolute atomic E-state index is 13.1. The predicted octanol–water partition coefficient (Wildman–Crippen LogP) is 2.95. The lowest BCUT2D eigenvalue weighted by Crippen LogP contribution is -1.91. The summed E-state index contributed by atoms with van der Waals surface area (Å²) in [6.45, 7) is 0. The number of hydrogen-bond donors (Lipinski definition) is 1. The van der Waals surface area contributed by atoms with E-state index in [4.69, 9.17) is 4.74 Å². The van der Waals surface area contributed by atoms with Crippen LogP contribution in [0.15, 0.2) is 36.5 Å². The van der Waals surface area contributed by atoms with Gasteiger partial charge in [0.15, 0.2) is 0 Å². The highest BCUT2D eigenvalue weighted by atomic mass is 19.1. The van der Waals surface area contributed by atoms with Crippen molar-refractivity contribution in [1.82, 2.24) is 10.3 Å². The third kappa shape index (κ3) is 3.29. The molecule has 1 aromatic carbocycles. The average Bonchev–Trinajstić information content (AvgIpc) is 2.58. The highest BCUT2D eigenvalue weighted by molar-refractivity contribution is 5.42. The van der Waals surface area contributed by atoms with Crippen LogP contribution in [0.5, 0.6) is 11.5 Å². The molecule has 3 nitrogen and oxygen atoms in total. The molecule has 4 heteroatoms. The van der Waals surface area contributed by atoms with Crippen LogP contribution < -0.4 is 10.1 Å². The molecule has 0 fully saturated rings. The monoisotopic (exact) mass is 260 g/mol. The van der Waals surface area contributed by atoms with Crippen LogP contribution >= 0.6 is 0 Å². The van der Waals surface area contributed by atoms with Crippen LogP contribution in [0.25, 0.3) is 0 Å². The first-order valence-corrected chi connectivity index (χ1v) is 6.23. The molecule has 0 bridgehead atoms. The van der Waals surface area contributed by atoms with E-state index in [0.29, 0.717) is 0 Å². The van der Waals surface area contributed by atoms with Gasteiger partial charge in [-0.2, -0.15) is 0 Å². The van der Waals surface area contributed by atoms with Gasteiger partial charge < -0.3 is 10.1 Å². The zero-order valence-electron chi connectivity index (χ0n) is 11.1. The Hall–Kier alpha value is -1.94. The molecule has 0 unspecified atom stereocenters. The SMILES string of the molecule is CNC.Fc1ccc2c(c1)CCc1ncccc1O2. The van der Waals surface area contributed by atoms with Crippen LogP contribution in [-0.2, 0) is 12.8 Å². The summed E-state index contributed by atoms with van der Waals surface area (Å²) < 4.78 is 18.8. The van der Waals surface area contributed by atoms with Crippen LogP contribution in [0, 0.1) is 5.82 Å². The second-order valence-electron chi connectivity index (χ2n) is 4.30. The molecular weight excluding hydrogens is 243 g/mol. The summed E-state index contributed by atoms with van der Waals surface area (Å²) in [7, 11) is 3.75. The first-order chi connectivity index (χ1) is 9.24. The predicted molar refractivity (Wildman–Crippen MR) is 73.1 cm³/mol. The van der Waals surface area contributed by atoms with Gasteiger partial charge in [-0.15, -0.1) is 0 Å². The van der Waals surface area contributed by atoms with Crippen molar-refractivity contribution in [2.75, 3.05) is 14.1 Å². The van der Waals surface area contributed by atoms with Crippen molar-refractivity contribution in [3.8, 4) is 11.5 Å². The number of aryl methyl sites for hydroxylation is 2. The summed E-state index contributed by atoms with van der Waals surface area (Å²) in [5.41, 5.74) is 1.83. The highest BCUT2D eigenvalue weighted by Crippen LogP contribution is 2.32. The molecule has 2 aromatic rings. The molecule has 0 saturated heterocycles. The lowest BCUT2D eigenvalue weighted by atomic mass is 10.1. The number of fused-ring (bicyclic) bond motifs is 2. The Labute approximate surface area is 112 Å². The summed E-state index contributed by atoms with van der Waals surface area (Å²) >= 11 is 0. The third-order valence-corrected chi connectivity index (χ3v) is 2.72. The van der Waals surface area contributed by atoms with Gasteiger partial charge in [-0.25, -0.2) is 4.39 Å². The quantitative estimate of drug-likeness (QED) is 0.790. The minimum absolute atomic E-state index is 0.221. The van der Waals surface area contributed by atoms with Crippen molar-refractivity contribution in [1.29, 1.82) is 0 Å². The minimum atomic E-state index is -0.221. The number of halogens is 1. The molecule has 3 rings (SSSR count). The van der Waals surface area contributed by atoms with Crippen molar-refractivity contribution >= 4 is 0 Å². The van der Waals surface area contributed by atoms with E-state index in [1.165, 1.54) is 12.1 Å². The van der Waals surface area contributed by atoms with E-state index in [1.807, 2.05) is 26.2 Å². The Balaban J connectivity index is 0.000000408. The molecule has 100 valence electrons. The van der Waals surface area contributed by atoms with E-state index in [1.54, 1.807) is 12.3 Å². The number of hydrogen-bond acceptors (Lipinski definition) is 3. The van der Waals surface area contributed by atoms with Crippen molar-refractivity contribution in [2.45, 2.75) is 12.8 Å². The van der Waals surface area contributed by atoms with Gasteiger partial charge in [-0.3, -0.25) is 4.98 Å². The zero-order chi connectivity index (χ0) is 13.7. The average molecular weight is 260 g/mol. The number of rotatable bonds is 0. The topological polar surface area (TPSA) is 34.2 Å². The standard InChI is InChI=1S/C13H10FNO.C2H7N/c14-10-4-6-12-9(8-10)3-5-11-13(16-12)2-1-7-15-11;1-3-2/h1-2,4,6-8H,3,5H2;3H,1-2H3. The Bertz CT molecular complexity index is 558. The number of ether oxygens (including phenoxy) is 1. The van der Waals surface area contributed by atoms with Crippen LogP contribution in [0.2, 0.25) is 0 Å². The van der Waals surface area contributed by atoms with Gasteiger partial charge in [0.25, 0.3) is 0 Å². The van der Waals surface area contributed by atoms with Gasteiger partial charge in [-0.1, -0.05) is 0 Å². The highest BCUT2D eigenvalue weighted by Gasteiger charge is 2.15. The first kappa shape index (κ1) is 13.5. The lowest BCUT2D eigenvalue weighted by Gasteiger charge is -2.07. The van der Waals surface area contributed by atoms with E-state index in [9.17, 15) is 4.39 Å². The molecule has 1 aliphatic rings. The van der Waals surface area contributed by atoms with Crippen molar-refractivity contribution in [2.24, 2.45) is 0 Å². The van der Waals surface area contributed by atoms with Gasteiger partial charge in [0.2, 0.25) is 0 Å². The fourth-order valence-electron chi connectivity index (χ4n) is 1.92. The Kier molecular flexibility index (Phi) is 4.47. The molecule has 0 spiro atoms. The van der Waals surface area contributed by atoms with E-state index < -0.39 is 0 Å². The second kappa shape index (κ2) is 6.29. The molecule has 1 aliphatic heterocycles. The fraction of sp³-hybridized carbons (Fsp3) is 0.267. The van der Waals surface area contributed by atoms with E-state index in [-0.39, 0.29) is 5.82 Å². The third-order valence-electron chi connectivity index (χ3n) is 2.72. The van der Waals surface area contributed by atoms with Gasteiger partial charge in [0, 0.05) is 6.20 Å². The number of nitrogens with zero attached hydrogens (tertiary/aromatic N) is 1. The summed E-state index contributed by atoms with van der Waals surface area (Å²) in [4.78, 5) is 4.27. The summed E-state index contributed by atoms with van der Waals surface area (Å²) in [5, 5.41) is 2.75. The largest absolute Gasteiger partial charge is 0.455 e. The molecular formula is C15H17FN2O. The Morgan fingerprint density at radius 3 is 2.74 bits per heavy atom. The van der Waals surface area contributed by atoms with Crippen LogP contribution in [0.4, 0.5) is 4.39 Å². The van der Waals surface area contributed by atoms with Gasteiger partial charge >= 0.3 is 0 Å². The molecule has 19 heavy (non-hydrogen) atoms. The number of pyridine rings is 1. The number of benzene rings is 1. The molecule has 0 radical (unpaired) electrons. The van der Waals surface area contributed by atoms with Crippen molar-refractivity contribution in [3.63, 3.8) is 0 Å². The van der Waals surface area contributed by atoms with Crippen molar-refractivity contribution < 1.29 is 9.13 Å². The molecule has 1 N–H and O–H groups in total. The van der Waals surface area contributed by atoms with Crippen LogP contribution in [-0.4, -0.2) is 19.1 Å². The second-order valence-corrected chi connectivity index (χ2v) is 4.30. The Morgan fingerprint density at radius 2 is 1.95 bits per heavy atom. The fourth-order valence-corrected chi connectivity index (χ4v) is 1.92. The molecule has 0 atom stereocenters. The van der Waals surface area contributed by atoms with Gasteiger partial charge in [0.1, 0.15) is 17.3 Å². The smallest absolute Gasteiger partial charge is 0.148 e. The molecule has 0 aliphatic carbocycles. The summed E-state index contributed by atoms with van der Waals surface area (Å²) in [6.07, 6.45) is 3.29. The van der Waals surface area contributed by atoms with Crippen LogP contribution in [0.3, 0.4) is 0 Å². The van der Waals surface area contributed by atoms with Gasteiger partial charge in [-0.05, 0) is 62.8 Å². The minimum Gasteiger partial charge on any atom is -0.455 e. The zero-order valence-corrected chi connectivity index (χ0v) is 11.1. The maximum Gasteiger partial charge on any atom is 0.148 e. The number of nitrogens with one attached hydrogen (secondary N) is 1. The normalized spacial score (nSPS) is 12.2. The van der Waals surface area contributed by atoms with E-state index in [0.717, 1.165) is 35.6 Å². The molecule has 0 saturated carbocycles. The molecule has 1 aromatic heterocycles. The van der Waals surface area contributed by atoms with Gasteiger partial charge in [0.05, 0.1) is 5.69 Å². The Morgan fingerprint density at radius 1 is 1.16 bits per heavy atom. The summed E-state index contributed by atoms with van der Waals surface area (Å²) in [6, 6.07) is 8.35. The lowest BCUT2D eigenvalue weighted by molar-refractivity contribution is 0.474. The summed E-state index contributed by atoms with van der Waals surface area (Å²) in [5.74, 6) is 1.28.